The lowest BCUT2D eigenvalue weighted by molar-refractivity contribution is 0.0943. The van der Waals surface area contributed by atoms with Crippen LogP contribution in [0.1, 0.15) is 17.4 Å². The Morgan fingerprint density at radius 1 is 1.64 bits per heavy atom. The molecular weight excluding hydrogens is 180 g/mol. The highest BCUT2D eigenvalue weighted by Crippen LogP contribution is 1.90. The van der Waals surface area contributed by atoms with Crippen molar-refractivity contribution in [2.24, 2.45) is 0 Å². The zero-order valence-corrected chi connectivity index (χ0v) is 7.70. The van der Waals surface area contributed by atoms with Crippen molar-refractivity contribution < 1.29 is 4.79 Å². The number of H-pyrrole nitrogens is 1. The summed E-state index contributed by atoms with van der Waals surface area (Å²) in [6.07, 6.45) is 5.09. The summed E-state index contributed by atoms with van der Waals surface area (Å²) < 4.78 is 0. The van der Waals surface area contributed by atoms with Crippen molar-refractivity contribution >= 4 is 5.91 Å². The first-order valence-corrected chi connectivity index (χ1v) is 4.10. The second-order valence-electron chi connectivity index (χ2n) is 2.79. The third-order valence-corrected chi connectivity index (χ3v) is 1.61. The minimum atomic E-state index is -0.381. The molecule has 1 rings (SSSR count). The van der Waals surface area contributed by atoms with Crippen molar-refractivity contribution in [3.8, 4) is 12.3 Å². The maximum absolute atomic E-state index is 11.4. The molecule has 1 aromatic heterocycles. The van der Waals surface area contributed by atoms with Gasteiger partial charge in [0, 0.05) is 6.07 Å². The van der Waals surface area contributed by atoms with Gasteiger partial charge in [0.2, 0.25) is 5.56 Å². The second kappa shape index (κ2) is 4.28. The van der Waals surface area contributed by atoms with Crippen LogP contribution in [0.4, 0.5) is 0 Å². The number of rotatable bonds is 2. The molecule has 0 bridgehead atoms. The van der Waals surface area contributed by atoms with Crippen LogP contribution in [0.15, 0.2) is 23.0 Å². The molecule has 1 atom stereocenters. The van der Waals surface area contributed by atoms with Crippen LogP contribution in [0.3, 0.4) is 0 Å². The molecule has 0 aliphatic rings. The van der Waals surface area contributed by atoms with Crippen LogP contribution in [0.5, 0.6) is 0 Å². The molecule has 0 radical (unpaired) electrons. The van der Waals surface area contributed by atoms with Gasteiger partial charge in [-0.15, -0.1) is 6.42 Å². The van der Waals surface area contributed by atoms with Crippen LogP contribution in [0, 0.1) is 12.3 Å². The predicted molar refractivity (Wildman–Crippen MR) is 52.8 cm³/mol. The number of hydrogen-bond donors (Lipinski definition) is 2. The van der Waals surface area contributed by atoms with Crippen LogP contribution >= 0.6 is 0 Å². The van der Waals surface area contributed by atoms with Crippen LogP contribution in [-0.2, 0) is 0 Å². The number of aromatic nitrogens is 1. The lowest BCUT2D eigenvalue weighted by Gasteiger charge is -2.06. The van der Waals surface area contributed by atoms with E-state index in [9.17, 15) is 9.59 Å². The molecule has 0 fully saturated rings. The molecule has 4 heteroatoms. The zero-order valence-electron chi connectivity index (χ0n) is 7.70. The number of aromatic amines is 1. The monoisotopic (exact) mass is 190 g/mol. The van der Waals surface area contributed by atoms with Crippen LogP contribution in [-0.4, -0.2) is 16.9 Å². The van der Waals surface area contributed by atoms with E-state index in [1.807, 2.05) is 0 Å². The van der Waals surface area contributed by atoms with Gasteiger partial charge in [-0.05, 0) is 13.0 Å². The normalized spacial score (nSPS) is 11.4. The highest BCUT2D eigenvalue weighted by atomic mass is 16.2. The molecule has 0 aliphatic carbocycles. The Bertz CT molecular complexity index is 428. The first kappa shape index (κ1) is 10.1. The number of carbonyl (C=O) groups is 1. The predicted octanol–water partition coefficient (Wildman–Crippen LogP) is 0.126. The fourth-order valence-corrected chi connectivity index (χ4v) is 0.896. The summed E-state index contributed by atoms with van der Waals surface area (Å²) in [6.45, 7) is 1.68. The average Bonchev–Trinajstić information content (AvgIpc) is 2.17. The molecule has 1 aromatic rings. The molecule has 4 nitrogen and oxygen atoms in total. The first-order chi connectivity index (χ1) is 6.63. The largest absolute Gasteiger partial charge is 0.337 e. The SMILES string of the molecule is C#CC(C)NC(=O)c1cccc(=O)[nH]1. The molecule has 1 unspecified atom stereocenters. The lowest BCUT2D eigenvalue weighted by Crippen LogP contribution is -2.32. The maximum atomic E-state index is 11.4. The zero-order chi connectivity index (χ0) is 10.6. The van der Waals surface area contributed by atoms with Crippen molar-refractivity contribution in [3.05, 3.63) is 34.2 Å². The summed E-state index contributed by atoms with van der Waals surface area (Å²) in [5.41, 5.74) is -0.106. The Balaban J connectivity index is 2.81. The number of hydrogen-bond acceptors (Lipinski definition) is 2. The van der Waals surface area contributed by atoms with Gasteiger partial charge in [-0.3, -0.25) is 9.59 Å². The number of carbonyl (C=O) groups excluding carboxylic acids is 1. The molecule has 1 amide bonds. The summed E-state index contributed by atoms with van der Waals surface area (Å²) in [5.74, 6) is 1.97. The van der Waals surface area contributed by atoms with Gasteiger partial charge in [0.05, 0.1) is 6.04 Å². The minimum Gasteiger partial charge on any atom is -0.337 e. The van der Waals surface area contributed by atoms with Crippen LogP contribution in [0.25, 0.3) is 0 Å². The molecule has 72 valence electrons. The quantitative estimate of drug-likeness (QED) is 0.651. The fraction of sp³-hybridized carbons (Fsp3) is 0.200. The van der Waals surface area contributed by atoms with E-state index >= 15 is 0 Å². The van der Waals surface area contributed by atoms with Gasteiger partial charge < -0.3 is 10.3 Å². The second-order valence-corrected chi connectivity index (χ2v) is 2.79. The Kier molecular flexibility index (Phi) is 3.08. The first-order valence-electron chi connectivity index (χ1n) is 4.10. The highest BCUT2D eigenvalue weighted by Gasteiger charge is 2.07. The van der Waals surface area contributed by atoms with E-state index in [4.69, 9.17) is 6.42 Å². The molecule has 1 heterocycles. The Hall–Kier alpha value is -2.02. The highest BCUT2D eigenvalue weighted by molar-refractivity contribution is 5.92. The Labute approximate surface area is 81.3 Å². The molecule has 0 aromatic carbocycles. The van der Waals surface area contributed by atoms with Gasteiger partial charge in [-0.25, -0.2) is 0 Å². The molecule has 0 saturated heterocycles. The van der Waals surface area contributed by atoms with Crippen molar-refractivity contribution in [2.45, 2.75) is 13.0 Å². The number of nitrogens with one attached hydrogen (secondary N) is 2. The minimum absolute atomic E-state index is 0.208. The van der Waals surface area contributed by atoms with E-state index in [0.29, 0.717) is 0 Å². The van der Waals surface area contributed by atoms with E-state index in [1.165, 1.54) is 18.2 Å². The molecule has 14 heavy (non-hydrogen) atoms. The number of amides is 1. The van der Waals surface area contributed by atoms with E-state index in [-0.39, 0.29) is 23.2 Å². The van der Waals surface area contributed by atoms with Crippen molar-refractivity contribution in [1.82, 2.24) is 10.3 Å². The fourth-order valence-electron chi connectivity index (χ4n) is 0.896. The summed E-state index contributed by atoms with van der Waals surface area (Å²) in [6, 6.07) is 4.00. The summed E-state index contributed by atoms with van der Waals surface area (Å²) in [7, 11) is 0. The maximum Gasteiger partial charge on any atom is 0.268 e. The van der Waals surface area contributed by atoms with Crippen LogP contribution < -0.4 is 10.9 Å². The molecular formula is C10H10N2O2. The molecule has 2 N–H and O–H groups in total. The molecule has 0 spiro atoms. The van der Waals surface area contributed by atoms with Gasteiger partial charge in [-0.2, -0.15) is 0 Å². The molecule has 0 aliphatic heterocycles. The third kappa shape index (κ3) is 2.49. The third-order valence-electron chi connectivity index (χ3n) is 1.61. The Morgan fingerprint density at radius 3 is 2.93 bits per heavy atom. The Morgan fingerprint density at radius 2 is 2.36 bits per heavy atom. The van der Waals surface area contributed by atoms with E-state index in [1.54, 1.807) is 6.92 Å². The van der Waals surface area contributed by atoms with Crippen molar-refractivity contribution in [1.29, 1.82) is 0 Å². The van der Waals surface area contributed by atoms with Crippen LogP contribution in [0.2, 0.25) is 0 Å². The van der Waals surface area contributed by atoms with Gasteiger partial charge in [0.15, 0.2) is 0 Å². The van der Waals surface area contributed by atoms with E-state index in [0.717, 1.165) is 0 Å². The lowest BCUT2D eigenvalue weighted by atomic mass is 10.3. The van der Waals surface area contributed by atoms with Gasteiger partial charge >= 0.3 is 0 Å². The topological polar surface area (TPSA) is 62.0 Å². The summed E-state index contributed by atoms with van der Waals surface area (Å²) in [4.78, 5) is 24.7. The smallest absolute Gasteiger partial charge is 0.268 e. The number of terminal acetylenes is 1. The standard InChI is InChI=1S/C10H10N2O2/c1-3-7(2)11-10(14)8-5-4-6-9(13)12-8/h1,4-7H,2H3,(H,11,14)(H,12,13). The van der Waals surface area contributed by atoms with Gasteiger partial charge in [0.1, 0.15) is 5.69 Å². The number of pyridine rings is 1. The van der Waals surface area contributed by atoms with E-state index < -0.39 is 0 Å². The summed E-state index contributed by atoms with van der Waals surface area (Å²) >= 11 is 0. The van der Waals surface area contributed by atoms with Crippen molar-refractivity contribution in [2.75, 3.05) is 0 Å². The van der Waals surface area contributed by atoms with Gasteiger partial charge in [0.25, 0.3) is 5.91 Å². The summed E-state index contributed by atoms with van der Waals surface area (Å²) in [5, 5.41) is 2.53. The van der Waals surface area contributed by atoms with Crippen molar-refractivity contribution in [3.63, 3.8) is 0 Å². The van der Waals surface area contributed by atoms with Gasteiger partial charge in [-0.1, -0.05) is 12.0 Å². The molecule has 0 saturated carbocycles. The average molecular weight is 190 g/mol. The van der Waals surface area contributed by atoms with E-state index in [2.05, 4.69) is 16.2 Å².